The summed E-state index contributed by atoms with van der Waals surface area (Å²) in [5.74, 6) is 2.34. The summed E-state index contributed by atoms with van der Waals surface area (Å²) >= 11 is 6.12. The van der Waals surface area contributed by atoms with Crippen LogP contribution in [-0.2, 0) is 6.61 Å². The first-order valence-corrected chi connectivity index (χ1v) is 9.88. The smallest absolute Gasteiger partial charge is 0.258 e. The Kier molecular flexibility index (Phi) is 5.72. The van der Waals surface area contributed by atoms with E-state index in [0.717, 1.165) is 22.4 Å². The lowest BCUT2D eigenvalue weighted by Crippen LogP contribution is -1.97. The standard InChI is InChI=1S/C24H21ClN2O3/c1-15-7-9-21(16(2)11-15)29-14-17-5-4-6-18(12-17)24-26-23(27-30-24)20-13-19(25)8-10-22(20)28-3/h4-13H,14H2,1-3H3. The van der Waals surface area contributed by atoms with E-state index in [9.17, 15) is 0 Å². The molecule has 0 fully saturated rings. The summed E-state index contributed by atoms with van der Waals surface area (Å²) in [6, 6.07) is 19.3. The third-order valence-electron chi connectivity index (χ3n) is 4.73. The van der Waals surface area contributed by atoms with E-state index in [1.165, 1.54) is 5.56 Å². The zero-order valence-electron chi connectivity index (χ0n) is 17.0. The van der Waals surface area contributed by atoms with Crippen molar-refractivity contribution >= 4 is 11.6 Å². The Balaban J connectivity index is 1.55. The molecule has 0 aliphatic carbocycles. The van der Waals surface area contributed by atoms with E-state index in [0.29, 0.717) is 34.7 Å². The minimum Gasteiger partial charge on any atom is -0.496 e. The van der Waals surface area contributed by atoms with Gasteiger partial charge >= 0.3 is 0 Å². The van der Waals surface area contributed by atoms with Crippen LogP contribution in [0.15, 0.2) is 65.2 Å². The maximum atomic E-state index is 6.12. The number of aromatic nitrogens is 2. The molecule has 1 heterocycles. The summed E-state index contributed by atoms with van der Waals surface area (Å²) in [5.41, 5.74) is 4.83. The van der Waals surface area contributed by atoms with Gasteiger partial charge in [-0.15, -0.1) is 0 Å². The van der Waals surface area contributed by atoms with Crippen molar-refractivity contribution in [2.45, 2.75) is 20.5 Å². The van der Waals surface area contributed by atoms with Gasteiger partial charge in [-0.3, -0.25) is 0 Å². The Labute approximate surface area is 180 Å². The topological polar surface area (TPSA) is 57.4 Å². The van der Waals surface area contributed by atoms with Gasteiger partial charge in [0.25, 0.3) is 5.89 Å². The second-order valence-corrected chi connectivity index (χ2v) is 7.46. The number of hydrogen-bond acceptors (Lipinski definition) is 5. The Morgan fingerprint density at radius 2 is 1.80 bits per heavy atom. The molecule has 4 aromatic rings. The summed E-state index contributed by atoms with van der Waals surface area (Å²) in [5, 5.41) is 4.67. The monoisotopic (exact) mass is 420 g/mol. The molecular weight excluding hydrogens is 400 g/mol. The lowest BCUT2D eigenvalue weighted by atomic mass is 10.1. The maximum absolute atomic E-state index is 6.12. The van der Waals surface area contributed by atoms with E-state index in [-0.39, 0.29) is 0 Å². The van der Waals surface area contributed by atoms with Crippen LogP contribution in [0.4, 0.5) is 0 Å². The first-order valence-electron chi connectivity index (χ1n) is 9.50. The summed E-state index contributed by atoms with van der Waals surface area (Å²) in [7, 11) is 1.59. The van der Waals surface area contributed by atoms with Crippen molar-refractivity contribution < 1.29 is 14.0 Å². The summed E-state index contributed by atoms with van der Waals surface area (Å²) in [6.07, 6.45) is 0. The van der Waals surface area contributed by atoms with Crippen LogP contribution in [0.2, 0.25) is 5.02 Å². The van der Waals surface area contributed by atoms with Crippen molar-refractivity contribution in [1.82, 2.24) is 10.1 Å². The zero-order valence-corrected chi connectivity index (χ0v) is 17.7. The van der Waals surface area contributed by atoms with Gasteiger partial charge in [-0.1, -0.05) is 46.6 Å². The quantitative estimate of drug-likeness (QED) is 0.368. The number of hydrogen-bond donors (Lipinski definition) is 0. The summed E-state index contributed by atoms with van der Waals surface area (Å²) < 4.78 is 16.9. The van der Waals surface area contributed by atoms with Crippen LogP contribution < -0.4 is 9.47 Å². The predicted molar refractivity (Wildman–Crippen MR) is 117 cm³/mol. The fourth-order valence-electron chi connectivity index (χ4n) is 3.22. The zero-order chi connectivity index (χ0) is 21.1. The van der Waals surface area contributed by atoms with E-state index in [1.54, 1.807) is 25.3 Å². The number of halogens is 1. The first-order chi connectivity index (χ1) is 14.5. The molecule has 3 aromatic carbocycles. The highest BCUT2D eigenvalue weighted by Gasteiger charge is 2.15. The molecule has 0 unspecified atom stereocenters. The molecule has 0 N–H and O–H groups in total. The molecule has 0 atom stereocenters. The van der Waals surface area contributed by atoms with E-state index in [2.05, 4.69) is 23.1 Å². The number of methoxy groups -OCH3 is 1. The highest BCUT2D eigenvalue weighted by molar-refractivity contribution is 6.30. The van der Waals surface area contributed by atoms with Gasteiger partial charge in [-0.05, 0) is 61.4 Å². The molecule has 4 rings (SSSR count). The molecule has 0 radical (unpaired) electrons. The summed E-state index contributed by atoms with van der Waals surface area (Å²) in [4.78, 5) is 4.53. The third-order valence-corrected chi connectivity index (χ3v) is 4.96. The van der Waals surface area contributed by atoms with E-state index >= 15 is 0 Å². The second-order valence-electron chi connectivity index (χ2n) is 7.03. The highest BCUT2D eigenvalue weighted by atomic mass is 35.5. The molecule has 0 saturated heterocycles. The van der Waals surface area contributed by atoms with Crippen molar-refractivity contribution in [2.24, 2.45) is 0 Å². The van der Waals surface area contributed by atoms with Gasteiger partial charge in [-0.25, -0.2) is 0 Å². The summed E-state index contributed by atoms with van der Waals surface area (Å²) in [6.45, 7) is 4.56. The molecule has 0 bridgehead atoms. The van der Waals surface area contributed by atoms with Gasteiger partial charge in [0.2, 0.25) is 5.82 Å². The van der Waals surface area contributed by atoms with E-state index < -0.39 is 0 Å². The van der Waals surface area contributed by atoms with Gasteiger partial charge in [-0.2, -0.15) is 4.98 Å². The molecule has 30 heavy (non-hydrogen) atoms. The average molecular weight is 421 g/mol. The number of rotatable bonds is 6. The Hall–Kier alpha value is -3.31. The minimum absolute atomic E-state index is 0.417. The second kappa shape index (κ2) is 8.59. The van der Waals surface area contributed by atoms with Gasteiger partial charge in [0.05, 0.1) is 12.7 Å². The first kappa shape index (κ1) is 20.0. The lowest BCUT2D eigenvalue weighted by Gasteiger charge is -2.10. The van der Waals surface area contributed by atoms with E-state index in [4.69, 9.17) is 25.6 Å². The molecular formula is C24H21ClN2O3. The molecule has 0 aliphatic heterocycles. The normalized spacial score (nSPS) is 10.8. The third kappa shape index (κ3) is 4.31. The van der Waals surface area contributed by atoms with Crippen molar-refractivity contribution in [3.8, 4) is 34.3 Å². The molecule has 0 saturated carbocycles. The molecule has 152 valence electrons. The minimum atomic E-state index is 0.417. The molecule has 5 nitrogen and oxygen atoms in total. The van der Waals surface area contributed by atoms with Crippen LogP contribution in [-0.4, -0.2) is 17.3 Å². The van der Waals surface area contributed by atoms with Crippen molar-refractivity contribution in [3.05, 3.63) is 82.4 Å². The lowest BCUT2D eigenvalue weighted by molar-refractivity contribution is 0.304. The van der Waals surface area contributed by atoms with Crippen LogP contribution in [0.1, 0.15) is 16.7 Å². The molecule has 1 aromatic heterocycles. The van der Waals surface area contributed by atoms with Gasteiger partial charge < -0.3 is 14.0 Å². The van der Waals surface area contributed by atoms with Crippen molar-refractivity contribution in [2.75, 3.05) is 7.11 Å². The largest absolute Gasteiger partial charge is 0.496 e. The van der Waals surface area contributed by atoms with Crippen LogP contribution in [0, 0.1) is 13.8 Å². The number of benzene rings is 3. The number of aryl methyl sites for hydroxylation is 2. The van der Waals surface area contributed by atoms with Crippen LogP contribution in [0.3, 0.4) is 0 Å². The fourth-order valence-corrected chi connectivity index (χ4v) is 3.39. The molecule has 0 spiro atoms. The molecule has 0 amide bonds. The Morgan fingerprint density at radius 1 is 0.967 bits per heavy atom. The number of nitrogens with zero attached hydrogens (tertiary/aromatic N) is 2. The Bertz CT molecular complexity index is 1190. The van der Waals surface area contributed by atoms with E-state index in [1.807, 2.05) is 43.3 Å². The van der Waals surface area contributed by atoms with Crippen LogP contribution in [0.25, 0.3) is 22.8 Å². The molecule has 0 aliphatic rings. The maximum Gasteiger partial charge on any atom is 0.258 e. The van der Waals surface area contributed by atoms with Crippen molar-refractivity contribution in [3.63, 3.8) is 0 Å². The van der Waals surface area contributed by atoms with Gasteiger partial charge in [0.15, 0.2) is 0 Å². The Morgan fingerprint density at radius 3 is 2.60 bits per heavy atom. The van der Waals surface area contributed by atoms with Gasteiger partial charge in [0.1, 0.15) is 18.1 Å². The van der Waals surface area contributed by atoms with Crippen LogP contribution in [0.5, 0.6) is 11.5 Å². The fraction of sp³-hybridized carbons (Fsp3) is 0.167. The van der Waals surface area contributed by atoms with Gasteiger partial charge in [0, 0.05) is 10.6 Å². The SMILES string of the molecule is COc1ccc(Cl)cc1-c1noc(-c2cccc(COc3ccc(C)cc3C)c2)n1. The average Bonchev–Trinajstić information content (AvgIpc) is 3.23. The van der Waals surface area contributed by atoms with Crippen LogP contribution >= 0.6 is 11.6 Å². The predicted octanol–water partition coefficient (Wildman–Crippen LogP) is 6.26. The molecule has 6 heteroatoms. The van der Waals surface area contributed by atoms with Crippen molar-refractivity contribution in [1.29, 1.82) is 0 Å². The number of ether oxygens (including phenoxy) is 2. The highest BCUT2D eigenvalue weighted by Crippen LogP contribution is 2.32.